The summed E-state index contributed by atoms with van der Waals surface area (Å²) in [6, 6.07) is 9.84. The maximum absolute atomic E-state index is 12.3. The smallest absolute Gasteiger partial charge is 0.252 e. The second-order valence-electron chi connectivity index (χ2n) is 4.90. The van der Waals surface area contributed by atoms with Crippen LogP contribution in [0.25, 0.3) is 17.0 Å². The second kappa shape index (κ2) is 4.23. The fourth-order valence-corrected chi connectivity index (χ4v) is 2.77. The number of hydrogen-bond acceptors (Lipinski definition) is 4. The first-order chi connectivity index (χ1) is 9.84. The third-order valence-corrected chi connectivity index (χ3v) is 3.65. The maximum atomic E-state index is 12.3. The van der Waals surface area contributed by atoms with E-state index in [1.807, 2.05) is 30.3 Å². The van der Waals surface area contributed by atoms with Crippen molar-refractivity contribution in [3.8, 4) is 11.3 Å². The average Bonchev–Trinajstić information content (AvgIpc) is 2.94. The first-order valence-electron chi connectivity index (χ1n) is 6.66. The van der Waals surface area contributed by atoms with Crippen LogP contribution in [0.2, 0.25) is 0 Å². The summed E-state index contributed by atoms with van der Waals surface area (Å²) >= 11 is 0. The van der Waals surface area contributed by atoms with Crippen molar-refractivity contribution in [2.45, 2.75) is 19.3 Å². The number of rotatable bonds is 1. The number of carbonyl (C=O) groups is 1. The van der Waals surface area contributed by atoms with Crippen LogP contribution >= 0.6 is 0 Å². The highest BCUT2D eigenvalue weighted by molar-refractivity contribution is 6.03. The van der Waals surface area contributed by atoms with Crippen molar-refractivity contribution < 1.29 is 4.79 Å². The molecule has 0 radical (unpaired) electrons. The van der Waals surface area contributed by atoms with Gasteiger partial charge in [0.25, 0.3) is 5.78 Å². The number of benzene rings is 1. The Bertz CT molecular complexity index is 807. The fourth-order valence-electron chi connectivity index (χ4n) is 2.77. The molecule has 5 heteroatoms. The molecule has 0 fully saturated rings. The lowest BCUT2D eigenvalue weighted by Gasteiger charge is -2.18. The first-order valence-corrected chi connectivity index (χ1v) is 6.66. The van der Waals surface area contributed by atoms with Gasteiger partial charge in [0, 0.05) is 12.0 Å². The van der Waals surface area contributed by atoms with Crippen molar-refractivity contribution >= 4 is 11.6 Å². The lowest BCUT2D eigenvalue weighted by atomic mass is 9.91. The second-order valence-corrected chi connectivity index (χ2v) is 4.90. The van der Waals surface area contributed by atoms with Gasteiger partial charge in [-0.05, 0) is 12.8 Å². The van der Waals surface area contributed by atoms with E-state index in [-0.39, 0.29) is 5.78 Å². The van der Waals surface area contributed by atoms with Gasteiger partial charge in [0.2, 0.25) is 0 Å². The van der Waals surface area contributed by atoms with E-state index in [0.717, 1.165) is 29.8 Å². The highest BCUT2D eigenvalue weighted by Gasteiger charge is 2.26. The van der Waals surface area contributed by atoms with Gasteiger partial charge >= 0.3 is 0 Å². The summed E-state index contributed by atoms with van der Waals surface area (Å²) in [5.41, 5.74) is 3.34. The largest absolute Gasteiger partial charge is 0.294 e. The summed E-state index contributed by atoms with van der Waals surface area (Å²) in [6.07, 6.45) is 3.74. The molecule has 0 amide bonds. The zero-order valence-corrected chi connectivity index (χ0v) is 10.8. The zero-order chi connectivity index (χ0) is 13.5. The topological polar surface area (TPSA) is 60.2 Å². The van der Waals surface area contributed by atoms with Crippen LogP contribution in [0, 0.1) is 0 Å². The Kier molecular flexibility index (Phi) is 2.39. The van der Waals surface area contributed by atoms with Gasteiger partial charge in [-0.3, -0.25) is 4.79 Å². The number of nitrogens with zero attached hydrogens (tertiary/aromatic N) is 4. The van der Waals surface area contributed by atoms with E-state index < -0.39 is 0 Å². The minimum absolute atomic E-state index is 0.148. The van der Waals surface area contributed by atoms with Crippen molar-refractivity contribution in [1.29, 1.82) is 0 Å². The lowest BCUT2D eigenvalue weighted by Crippen LogP contribution is -2.17. The van der Waals surface area contributed by atoms with Gasteiger partial charge in [-0.25, -0.2) is 4.98 Å². The molecule has 20 heavy (non-hydrogen) atoms. The van der Waals surface area contributed by atoms with E-state index in [2.05, 4.69) is 15.1 Å². The molecule has 3 aromatic rings. The van der Waals surface area contributed by atoms with E-state index in [0.29, 0.717) is 17.8 Å². The molecule has 2 aromatic heterocycles. The summed E-state index contributed by atoms with van der Waals surface area (Å²) in [4.78, 5) is 21.0. The molecule has 5 nitrogen and oxygen atoms in total. The van der Waals surface area contributed by atoms with Crippen LogP contribution < -0.4 is 0 Å². The van der Waals surface area contributed by atoms with Crippen molar-refractivity contribution in [2.24, 2.45) is 0 Å². The molecule has 0 atom stereocenters. The van der Waals surface area contributed by atoms with Crippen LogP contribution in [0.15, 0.2) is 36.7 Å². The highest BCUT2D eigenvalue weighted by Crippen LogP contribution is 2.30. The van der Waals surface area contributed by atoms with Gasteiger partial charge < -0.3 is 0 Å². The molecule has 4 rings (SSSR count). The van der Waals surface area contributed by atoms with Gasteiger partial charge in [0.05, 0.1) is 17.0 Å². The van der Waals surface area contributed by atoms with E-state index in [1.54, 1.807) is 4.52 Å². The summed E-state index contributed by atoms with van der Waals surface area (Å²) in [6.45, 7) is 0. The minimum atomic E-state index is 0.148. The van der Waals surface area contributed by atoms with Crippen LogP contribution in [0.3, 0.4) is 0 Å². The van der Waals surface area contributed by atoms with Crippen LogP contribution in [0.4, 0.5) is 0 Å². The third-order valence-electron chi connectivity index (χ3n) is 3.65. The first kappa shape index (κ1) is 11.3. The Labute approximate surface area is 115 Å². The normalized spacial score (nSPS) is 14.5. The lowest BCUT2D eigenvalue weighted by molar-refractivity contribution is 0.0972. The Morgan fingerprint density at radius 2 is 1.95 bits per heavy atom. The van der Waals surface area contributed by atoms with Gasteiger partial charge in [-0.2, -0.15) is 14.6 Å². The average molecular weight is 264 g/mol. The standard InChI is InChI=1S/C15H12N4O/c20-12-8-4-7-11-13(12)14(10-5-2-1-3-6-10)19-15(18-11)16-9-17-19/h1-3,5-6,9H,4,7-8H2. The summed E-state index contributed by atoms with van der Waals surface area (Å²) in [5, 5.41) is 4.23. The number of ketones is 1. The van der Waals surface area contributed by atoms with Gasteiger partial charge in [-0.1, -0.05) is 30.3 Å². The molecule has 0 bridgehead atoms. The molecule has 0 saturated heterocycles. The molecule has 2 heterocycles. The van der Waals surface area contributed by atoms with Crippen molar-refractivity contribution in [3.05, 3.63) is 47.9 Å². The van der Waals surface area contributed by atoms with Gasteiger partial charge in [0.1, 0.15) is 6.33 Å². The molecule has 0 N–H and O–H groups in total. The van der Waals surface area contributed by atoms with E-state index in [1.165, 1.54) is 6.33 Å². The Balaban J connectivity index is 2.13. The van der Waals surface area contributed by atoms with E-state index in [4.69, 9.17) is 0 Å². The van der Waals surface area contributed by atoms with Crippen molar-refractivity contribution in [2.75, 3.05) is 0 Å². The fraction of sp³-hybridized carbons (Fsp3) is 0.200. The molecule has 0 unspecified atom stereocenters. The van der Waals surface area contributed by atoms with Gasteiger partial charge in [0.15, 0.2) is 5.78 Å². The molecule has 0 spiro atoms. The minimum Gasteiger partial charge on any atom is -0.294 e. The molecule has 0 saturated carbocycles. The maximum Gasteiger partial charge on any atom is 0.252 e. The molecule has 98 valence electrons. The predicted octanol–water partition coefficient (Wildman–Crippen LogP) is 2.31. The summed E-state index contributed by atoms with van der Waals surface area (Å²) in [7, 11) is 0. The zero-order valence-electron chi connectivity index (χ0n) is 10.8. The number of aryl methyl sites for hydroxylation is 1. The Morgan fingerprint density at radius 3 is 2.80 bits per heavy atom. The Hall–Kier alpha value is -2.56. The van der Waals surface area contributed by atoms with Crippen LogP contribution in [-0.4, -0.2) is 25.4 Å². The SMILES string of the molecule is O=C1CCCc2nc3ncnn3c(-c3ccccc3)c21. The molecule has 1 aromatic carbocycles. The van der Waals surface area contributed by atoms with Crippen LogP contribution in [0.5, 0.6) is 0 Å². The van der Waals surface area contributed by atoms with Crippen molar-refractivity contribution in [1.82, 2.24) is 19.6 Å². The van der Waals surface area contributed by atoms with Gasteiger partial charge in [-0.15, -0.1) is 0 Å². The summed E-state index contributed by atoms with van der Waals surface area (Å²) < 4.78 is 1.66. The number of Topliss-reactive ketones (excluding diaryl/α,β-unsaturated/α-hetero) is 1. The van der Waals surface area contributed by atoms with Crippen LogP contribution in [-0.2, 0) is 6.42 Å². The molecular formula is C15H12N4O. The number of carbonyl (C=O) groups excluding carboxylic acids is 1. The number of aromatic nitrogens is 4. The molecule has 1 aliphatic rings. The van der Waals surface area contributed by atoms with Crippen molar-refractivity contribution in [3.63, 3.8) is 0 Å². The monoisotopic (exact) mass is 264 g/mol. The third kappa shape index (κ3) is 1.56. The quantitative estimate of drug-likeness (QED) is 0.676. The van der Waals surface area contributed by atoms with E-state index in [9.17, 15) is 4.79 Å². The van der Waals surface area contributed by atoms with Crippen LogP contribution in [0.1, 0.15) is 28.9 Å². The number of hydrogen-bond donors (Lipinski definition) is 0. The molecule has 0 aliphatic heterocycles. The number of fused-ring (bicyclic) bond motifs is 2. The predicted molar refractivity (Wildman–Crippen MR) is 73.5 cm³/mol. The highest BCUT2D eigenvalue weighted by atomic mass is 16.1. The molecular weight excluding hydrogens is 252 g/mol. The molecule has 1 aliphatic carbocycles. The Morgan fingerprint density at radius 1 is 1.10 bits per heavy atom. The summed E-state index contributed by atoms with van der Waals surface area (Å²) in [5.74, 6) is 0.701. The van der Waals surface area contributed by atoms with E-state index >= 15 is 0 Å².